The first-order valence-electron chi connectivity index (χ1n) is 27.8. The van der Waals surface area contributed by atoms with Gasteiger partial charge in [0.2, 0.25) is 0 Å². The standard InChI is InChI=1S/C56H108O6/c1-6-9-10-11-12-13-14-20-26-31-36-41-46-54(57)60-49-53(50-61-55(58)47-42-37-32-27-23-22-25-30-35-40-45-52(5)8-3)62-56(59)48-43-38-33-28-21-18-16-15-17-19-24-29-34-39-44-51(4)7-2/h51-53H,6-50H2,1-5H3/t51?,52?,53-/m0/s1. The first-order chi connectivity index (χ1) is 30.3. The Labute approximate surface area is 387 Å². The van der Waals surface area contributed by atoms with E-state index in [-0.39, 0.29) is 31.1 Å². The Hall–Kier alpha value is -1.59. The molecule has 0 amide bonds. The molecule has 0 aliphatic heterocycles. The van der Waals surface area contributed by atoms with Crippen LogP contribution in [0, 0.1) is 11.8 Å². The maximum absolute atomic E-state index is 12.8. The molecule has 0 spiro atoms. The minimum Gasteiger partial charge on any atom is -0.462 e. The van der Waals surface area contributed by atoms with Crippen LogP contribution >= 0.6 is 0 Å². The van der Waals surface area contributed by atoms with Crippen molar-refractivity contribution >= 4 is 17.9 Å². The second kappa shape index (κ2) is 48.9. The van der Waals surface area contributed by atoms with E-state index in [9.17, 15) is 14.4 Å². The second-order valence-electron chi connectivity index (χ2n) is 19.7. The number of rotatable bonds is 50. The number of carbonyl (C=O) groups is 3. The number of esters is 3. The molecule has 0 aromatic heterocycles. The van der Waals surface area contributed by atoms with Gasteiger partial charge in [-0.25, -0.2) is 0 Å². The SMILES string of the molecule is CCCCCCCCCCCCCCC(=O)OC[C@@H](COC(=O)CCCCCCCCCCCCC(C)CC)OC(=O)CCCCCCCCCCCCCCCCC(C)CC. The predicted octanol–water partition coefficient (Wildman–Crippen LogP) is 18.1. The van der Waals surface area contributed by atoms with Gasteiger partial charge in [-0.15, -0.1) is 0 Å². The van der Waals surface area contributed by atoms with Crippen LogP contribution in [0.1, 0.15) is 311 Å². The third-order valence-electron chi connectivity index (χ3n) is 13.4. The van der Waals surface area contributed by atoms with E-state index in [1.165, 1.54) is 199 Å². The average Bonchev–Trinajstić information content (AvgIpc) is 3.27. The summed E-state index contributed by atoms with van der Waals surface area (Å²) in [5, 5.41) is 0. The maximum atomic E-state index is 12.8. The first kappa shape index (κ1) is 60.4. The van der Waals surface area contributed by atoms with Crippen LogP contribution in [-0.4, -0.2) is 37.2 Å². The average molecular weight is 877 g/mol. The molecule has 0 rings (SSSR count). The minimum absolute atomic E-state index is 0.0631. The normalized spacial score (nSPS) is 12.9. The van der Waals surface area contributed by atoms with Crippen LogP contribution in [0.3, 0.4) is 0 Å². The van der Waals surface area contributed by atoms with E-state index in [0.29, 0.717) is 19.3 Å². The number of carbonyl (C=O) groups excluding carboxylic acids is 3. The third kappa shape index (κ3) is 46.4. The molecule has 0 saturated carbocycles. The smallest absolute Gasteiger partial charge is 0.306 e. The van der Waals surface area contributed by atoms with Gasteiger partial charge in [0.1, 0.15) is 13.2 Å². The second-order valence-corrected chi connectivity index (χ2v) is 19.7. The Morgan fingerprint density at radius 2 is 0.565 bits per heavy atom. The zero-order valence-corrected chi connectivity index (χ0v) is 42.5. The number of hydrogen-bond acceptors (Lipinski definition) is 6. The van der Waals surface area contributed by atoms with Gasteiger partial charge in [-0.2, -0.15) is 0 Å². The summed E-state index contributed by atoms with van der Waals surface area (Å²) in [6.07, 6.45) is 50.7. The lowest BCUT2D eigenvalue weighted by molar-refractivity contribution is -0.167. The van der Waals surface area contributed by atoms with Crippen molar-refractivity contribution in [3.05, 3.63) is 0 Å². The van der Waals surface area contributed by atoms with Crippen LogP contribution in [0.5, 0.6) is 0 Å². The molecule has 6 nitrogen and oxygen atoms in total. The Morgan fingerprint density at radius 1 is 0.323 bits per heavy atom. The molecule has 0 bridgehead atoms. The molecular formula is C56H108O6. The molecule has 368 valence electrons. The van der Waals surface area contributed by atoms with Crippen LogP contribution in [-0.2, 0) is 28.6 Å². The summed E-state index contributed by atoms with van der Waals surface area (Å²) in [5.41, 5.74) is 0. The fourth-order valence-electron chi connectivity index (χ4n) is 8.46. The van der Waals surface area contributed by atoms with Crippen molar-refractivity contribution in [3.8, 4) is 0 Å². The quantitative estimate of drug-likeness (QED) is 0.0344. The first-order valence-corrected chi connectivity index (χ1v) is 27.8. The summed E-state index contributed by atoms with van der Waals surface area (Å²) in [7, 11) is 0. The van der Waals surface area contributed by atoms with Crippen molar-refractivity contribution in [3.63, 3.8) is 0 Å². The van der Waals surface area contributed by atoms with Crippen LogP contribution in [0.25, 0.3) is 0 Å². The van der Waals surface area contributed by atoms with Crippen molar-refractivity contribution in [2.75, 3.05) is 13.2 Å². The summed E-state index contributed by atoms with van der Waals surface area (Å²) in [4.78, 5) is 38.0. The summed E-state index contributed by atoms with van der Waals surface area (Å²) < 4.78 is 16.9. The van der Waals surface area contributed by atoms with Crippen LogP contribution in [0.15, 0.2) is 0 Å². The third-order valence-corrected chi connectivity index (χ3v) is 13.4. The van der Waals surface area contributed by atoms with Gasteiger partial charge < -0.3 is 14.2 Å². The van der Waals surface area contributed by atoms with E-state index in [1.807, 2.05) is 0 Å². The van der Waals surface area contributed by atoms with Gasteiger partial charge in [0, 0.05) is 19.3 Å². The number of ether oxygens (including phenoxy) is 3. The minimum atomic E-state index is -0.762. The Kier molecular flexibility index (Phi) is 47.6. The molecule has 0 aromatic carbocycles. The van der Waals surface area contributed by atoms with E-state index in [4.69, 9.17) is 14.2 Å². The van der Waals surface area contributed by atoms with E-state index >= 15 is 0 Å². The van der Waals surface area contributed by atoms with Gasteiger partial charge in [0.05, 0.1) is 0 Å². The van der Waals surface area contributed by atoms with Crippen LogP contribution in [0.2, 0.25) is 0 Å². The highest BCUT2D eigenvalue weighted by Crippen LogP contribution is 2.19. The largest absolute Gasteiger partial charge is 0.462 e. The molecule has 0 radical (unpaired) electrons. The van der Waals surface area contributed by atoms with E-state index < -0.39 is 6.10 Å². The zero-order chi connectivity index (χ0) is 45.4. The van der Waals surface area contributed by atoms with Crippen molar-refractivity contribution in [2.24, 2.45) is 11.8 Å². The lowest BCUT2D eigenvalue weighted by Crippen LogP contribution is -2.30. The lowest BCUT2D eigenvalue weighted by Gasteiger charge is -2.18. The molecule has 0 aromatic rings. The maximum Gasteiger partial charge on any atom is 0.306 e. The Morgan fingerprint density at radius 3 is 0.839 bits per heavy atom. The predicted molar refractivity (Wildman–Crippen MR) is 266 cm³/mol. The molecule has 6 heteroatoms. The van der Waals surface area contributed by atoms with Crippen molar-refractivity contribution < 1.29 is 28.6 Å². The Bertz CT molecular complexity index is 951. The number of unbranched alkanes of at least 4 members (excludes halogenated alkanes) is 33. The van der Waals surface area contributed by atoms with Crippen molar-refractivity contribution in [2.45, 2.75) is 317 Å². The fraction of sp³-hybridized carbons (Fsp3) is 0.946. The van der Waals surface area contributed by atoms with Gasteiger partial charge >= 0.3 is 17.9 Å². The van der Waals surface area contributed by atoms with E-state index in [0.717, 1.165) is 69.6 Å². The van der Waals surface area contributed by atoms with Crippen molar-refractivity contribution in [1.82, 2.24) is 0 Å². The van der Waals surface area contributed by atoms with E-state index in [1.54, 1.807) is 0 Å². The highest BCUT2D eigenvalue weighted by molar-refractivity contribution is 5.71. The van der Waals surface area contributed by atoms with Gasteiger partial charge in [-0.05, 0) is 31.1 Å². The highest BCUT2D eigenvalue weighted by Gasteiger charge is 2.19. The summed E-state index contributed by atoms with van der Waals surface area (Å²) >= 11 is 0. The summed E-state index contributed by atoms with van der Waals surface area (Å²) in [6, 6.07) is 0. The topological polar surface area (TPSA) is 78.9 Å². The van der Waals surface area contributed by atoms with Gasteiger partial charge in [-0.3, -0.25) is 14.4 Å². The summed E-state index contributed by atoms with van der Waals surface area (Å²) in [5.74, 6) is 0.921. The van der Waals surface area contributed by atoms with Gasteiger partial charge in [0.15, 0.2) is 6.10 Å². The molecule has 0 aliphatic carbocycles. The van der Waals surface area contributed by atoms with Crippen molar-refractivity contribution in [1.29, 1.82) is 0 Å². The molecule has 0 fully saturated rings. The molecule has 0 N–H and O–H groups in total. The fourth-order valence-corrected chi connectivity index (χ4v) is 8.46. The number of hydrogen-bond donors (Lipinski definition) is 0. The lowest BCUT2D eigenvalue weighted by atomic mass is 9.99. The van der Waals surface area contributed by atoms with Gasteiger partial charge in [-0.1, -0.05) is 272 Å². The molecule has 3 atom stereocenters. The molecule has 2 unspecified atom stereocenters. The summed E-state index contributed by atoms with van der Waals surface area (Å²) in [6.45, 7) is 11.5. The molecule has 62 heavy (non-hydrogen) atoms. The molecule has 0 saturated heterocycles. The van der Waals surface area contributed by atoms with Gasteiger partial charge in [0.25, 0.3) is 0 Å². The molecular weight excluding hydrogens is 769 g/mol. The zero-order valence-electron chi connectivity index (χ0n) is 42.5. The molecule has 0 heterocycles. The molecule has 0 aliphatic rings. The monoisotopic (exact) mass is 877 g/mol. The van der Waals surface area contributed by atoms with Crippen LogP contribution < -0.4 is 0 Å². The Balaban J connectivity index is 4.30. The van der Waals surface area contributed by atoms with Crippen LogP contribution in [0.4, 0.5) is 0 Å². The highest BCUT2D eigenvalue weighted by atomic mass is 16.6. The van der Waals surface area contributed by atoms with E-state index in [2.05, 4.69) is 34.6 Å².